The number of hydrogen-bond donors (Lipinski definition) is 1. The molecule has 1 atom stereocenters. The van der Waals surface area contributed by atoms with Crippen LogP contribution < -0.4 is 15.2 Å². The summed E-state index contributed by atoms with van der Waals surface area (Å²) in [6.07, 6.45) is 3.37. The van der Waals surface area contributed by atoms with Gasteiger partial charge in [0, 0.05) is 48.8 Å². The Balaban J connectivity index is 2.08. The molecule has 0 bridgehead atoms. The molecule has 29 heavy (non-hydrogen) atoms. The molecule has 8 nitrogen and oxygen atoms in total. The first-order valence-electron chi connectivity index (χ1n) is 8.97. The van der Waals surface area contributed by atoms with E-state index in [9.17, 15) is 18.4 Å². The molecule has 4 rings (SSSR count). The maximum absolute atomic E-state index is 12.7. The molecule has 0 fully saturated rings. The minimum atomic E-state index is -2.30. The number of aryl methyl sites for hydroxylation is 1. The lowest BCUT2D eigenvalue weighted by molar-refractivity contribution is -0.132. The number of aromatic amines is 1. The van der Waals surface area contributed by atoms with Crippen molar-refractivity contribution in [2.45, 2.75) is 25.2 Å². The number of aromatic nitrogens is 2. The zero-order chi connectivity index (χ0) is 21.1. The van der Waals surface area contributed by atoms with Gasteiger partial charge in [0.2, 0.25) is 0 Å². The van der Waals surface area contributed by atoms with E-state index in [1.54, 1.807) is 58.5 Å². The van der Waals surface area contributed by atoms with Gasteiger partial charge < -0.3 is 23.7 Å². The number of amides is 1. The largest absolute Gasteiger partial charge is 0.772 e. The number of ether oxygens (including phenoxy) is 1. The molecule has 3 aromatic rings. The van der Waals surface area contributed by atoms with Gasteiger partial charge in [0.15, 0.2) is 11.4 Å². The highest BCUT2D eigenvalue weighted by atomic mass is 32.2. The topological polar surface area (TPSA) is 107 Å². The SMILES string of the molecule is CN1C(=O)C(C)(C)Oc2c(-c3cn(C)c(=O)c4[nH]ccc34)cc(CS(=O)[O-])cc21. The van der Waals surface area contributed by atoms with Crippen LogP contribution in [0.3, 0.4) is 0 Å². The molecule has 2 aromatic heterocycles. The summed E-state index contributed by atoms with van der Waals surface area (Å²) in [6.45, 7) is 3.37. The number of nitrogens with one attached hydrogen (secondary N) is 1. The number of carbonyl (C=O) groups is 1. The third-order valence-corrected chi connectivity index (χ3v) is 5.71. The predicted octanol–water partition coefficient (Wildman–Crippen LogP) is 2.05. The van der Waals surface area contributed by atoms with Gasteiger partial charge in [0.25, 0.3) is 11.5 Å². The van der Waals surface area contributed by atoms with Crippen LogP contribution in [0.2, 0.25) is 0 Å². The molecular formula is C20H20N3O5S-. The van der Waals surface area contributed by atoms with Gasteiger partial charge in [0.1, 0.15) is 5.52 Å². The van der Waals surface area contributed by atoms with Gasteiger partial charge in [-0.25, -0.2) is 0 Å². The average molecular weight is 414 g/mol. The number of nitrogens with zero attached hydrogens (tertiary/aromatic N) is 2. The van der Waals surface area contributed by atoms with E-state index in [1.165, 1.54) is 9.47 Å². The second kappa shape index (κ2) is 6.57. The fourth-order valence-corrected chi connectivity index (χ4v) is 4.18. The number of hydrogen-bond acceptors (Lipinski definition) is 5. The summed E-state index contributed by atoms with van der Waals surface area (Å²) >= 11 is -2.30. The number of anilines is 1. The van der Waals surface area contributed by atoms with E-state index in [1.807, 2.05) is 0 Å². The zero-order valence-corrected chi connectivity index (χ0v) is 17.3. The highest BCUT2D eigenvalue weighted by Gasteiger charge is 2.40. The molecule has 1 aliphatic rings. The van der Waals surface area contributed by atoms with Crippen LogP contribution >= 0.6 is 0 Å². The highest BCUT2D eigenvalue weighted by molar-refractivity contribution is 7.78. The smallest absolute Gasteiger partial charge is 0.274 e. The molecule has 1 amide bonds. The number of benzene rings is 1. The average Bonchev–Trinajstić information content (AvgIpc) is 3.13. The summed E-state index contributed by atoms with van der Waals surface area (Å²) in [5.74, 6) is 0.0376. The monoisotopic (exact) mass is 414 g/mol. The fourth-order valence-electron chi connectivity index (χ4n) is 3.74. The Bertz CT molecular complexity index is 1240. The first kappa shape index (κ1) is 19.4. The van der Waals surface area contributed by atoms with Crippen LogP contribution in [0, 0.1) is 0 Å². The molecular weight excluding hydrogens is 394 g/mol. The van der Waals surface area contributed by atoms with Gasteiger partial charge in [-0.1, -0.05) is 11.1 Å². The zero-order valence-electron chi connectivity index (χ0n) is 16.4. The van der Waals surface area contributed by atoms with E-state index in [0.717, 1.165) is 0 Å². The highest BCUT2D eigenvalue weighted by Crippen LogP contribution is 2.46. The second-order valence-corrected chi connectivity index (χ2v) is 8.54. The molecule has 1 aliphatic heterocycles. The van der Waals surface area contributed by atoms with Crippen LogP contribution in [0.15, 0.2) is 35.4 Å². The van der Waals surface area contributed by atoms with Crippen LogP contribution in [0.25, 0.3) is 22.0 Å². The molecule has 0 saturated carbocycles. The minimum absolute atomic E-state index is 0.173. The van der Waals surface area contributed by atoms with Crippen LogP contribution in [0.1, 0.15) is 19.4 Å². The van der Waals surface area contributed by atoms with E-state index in [-0.39, 0.29) is 17.2 Å². The third kappa shape index (κ3) is 3.06. The quantitative estimate of drug-likeness (QED) is 0.660. The molecule has 0 aliphatic carbocycles. The van der Waals surface area contributed by atoms with E-state index in [2.05, 4.69) is 4.98 Å². The number of pyridine rings is 1. The second-order valence-electron chi connectivity index (χ2n) is 7.64. The number of carbonyl (C=O) groups excluding carboxylic acids is 1. The lowest BCUT2D eigenvalue weighted by Crippen LogP contribution is -2.51. The number of rotatable bonds is 3. The lowest BCUT2D eigenvalue weighted by atomic mass is 9.96. The molecule has 1 N–H and O–H groups in total. The van der Waals surface area contributed by atoms with Gasteiger partial charge in [-0.3, -0.25) is 13.8 Å². The van der Waals surface area contributed by atoms with Gasteiger partial charge in [-0.05, 0) is 37.6 Å². The minimum Gasteiger partial charge on any atom is -0.772 e. The Labute approximate surface area is 169 Å². The molecule has 9 heteroatoms. The normalized spacial score (nSPS) is 16.6. The number of fused-ring (bicyclic) bond motifs is 2. The predicted molar refractivity (Wildman–Crippen MR) is 110 cm³/mol. The van der Waals surface area contributed by atoms with Crippen LogP contribution in [-0.4, -0.2) is 36.9 Å². The Morgan fingerprint density at radius 2 is 1.93 bits per heavy atom. The van der Waals surface area contributed by atoms with Crippen LogP contribution in [0.5, 0.6) is 5.75 Å². The van der Waals surface area contributed by atoms with Crippen molar-refractivity contribution in [3.8, 4) is 16.9 Å². The van der Waals surface area contributed by atoms with E-state index >= 15 is 0 Å². The molecule has 1 unspecified atom stereocenters. The Morgan fingerprint density at radius 1 is 1.21 bits per heavy atom. The van der Waals surface area contributed by atoms with Gasteiger partial charge in [0.05, 0.1) is 5.69 Å². The lowest BCUT2D eigenvalue weighted by Gasteiger charge is -2.38. The van der Waals surface area contributed by atoms with Crippen molar-refractivity contribution in [2.24, 2.45) is 7.05 Å². The first-order valence-corrected chi connectivity index (χ1v) is 10.2. The Kier molecular flexibility index (Phi) is 4.39. The molecule has 0 saturated heterocycles. The standard InChI is InChI=1S/C20H21N3O5S/c1-20(2)19(25)23(4)15-8-11(10-29(26)27)7-13(17(15)28-20)14-9-22(3)18(24)16-12(14)5-6-21-16/h5-9,21H,10H2,1-4H3,(H,26,27)/p-1. The van der Waals surface area contributed by atoms with Crippen molar-refractivity contribution in [3.05, 3.63) is 46.5 Å². The fraction of sp³-hybridized carbons (Fsp3) is 0.300. The summed E-state index contributed by atoms with van der Waals surface area (Å²) < 4.78 is 30.2. The summed E-state index contributed by atoms with van der Waals surface area (Å²) in [5.41, 5.74) is 1.52. The van der Waals surface area contributed by atoms with Gasteiger partial charge in [-0.15, -0.1) is 0 Å². The maximum atomic E-state index is 12.7. The van der Waals surface area contributed by atoms with Crippen LogP contribution in [-0.2, 0) is 28.7 Å². The maximum Gasteiger partial charge on any atom is 0.274 e. The summed E-state index contributed by atoms with van der Waals surface area (Å²) in [7, 11) is 3.29. The third-order valence-electron chi connectivity index (χ3n) is 5.14. The van der Waals surface area contributed by atoms with Crippen molar-refractivity contribution >= 4 is 33.6 Å². The number of likely N-dealkylation sites (N-methyl/N-ethyl adjacent to an activating group) is 1. The van der Waals surface area contributed by atoms with Crippen LogP contribution in [0.4, 0.5) is 5.69 Å². The van der Waals surface area contributed by atoms with Gasteiger partial charge in [-0.2, -0.15) is 0 Å². The summed E-state index contributed by atoms with van der Waals surface area (Å²) in [6, 6.07) is 5.18. The van der Waals surface area contributed by atoms with Crippen molar-refractivity contribution < 1.29 is 18.3 Å². The van der Waals surface area contributed by atoms with Crippen molar-refractivity contribution in [1.29, 1.82) is 0 Å². The molecule has 0 radical (unpaired) electrons. The molecule has 1 aromatic carbocycles. The van der Waals surface area contributed by atoms with E-state index in [4.69, 9.17) is 4.74 Å². The molecule has 152 valence electrons. The van der Waals surface area contributed by atoms with Crippen molar-refractivity contribution in [1.82, 2.24) is 9.55 Å². The van der Waals surface area contributed by atoms with Crippen molar-refractivity contribution in [2.75, 3.05) is 11.9 Å². The van der Waals surface area contributed by atoms with E-state index in [0.29, 0.717) is 39.0 Å². The van der Waals surface area contributed by atoms with Gasteiger partial charge >= 0.3 is 0 Å². The number of H-pyrrole nitrogens is 1. The molecule has 3 heterocycles. The first-order chi connectivity index (χ1) is 13.6. The molecule has 0 spiro atoms. The Morgan fingerprint density at radius 3 is 2.62 bits per heavy atom. The Hall–Kier alpha value is -2.91. The van der Waals surface area contributed by atoms with E-state index < -0.39 is 16.7 Å². The van der Waals surface area contributed by atoms with Crippen molar-refractivity contribution in [3.63, 3.8) is 0 Å². The summed E-state index contributed by atoms with van der Waals surface area (Å²) in [4.78, 5) is 29.6. The summed E-state index contributed by atoms with van der Waals surface area (Å²) in [5, 5.41) is 0.691.